The zero-order chi connectivity index (χ0) is 10.3. The maximum absolute atomic E-state index is 11.0. The van der Waals surface area contributed by atoms with Crippen molar-refractivity contribution < 1.29 is 9.90 Å². The molecule has 0 radical (unpaired) electrons. The second kappa shape index (κ2) is 3.37. The molecule has 0 amide bonds. The summed E-state index contributed by atoms with van der Waals surface area (Å²) in [5.41, 5.74) is 1.21. The molecule has 0 fully saturated rings. The van der Waals surface area contributed by atoms with Gasteiger partial charge in [0.25, 0.3) is 0 Å². The van der Waals surface area contributed by atoms with Gasteiger partial charge < -0.3 is 5.11 Å². The fraction of sp³-hybridized carbons (Fsp3) is 0.100. The summed E-state index contributed by atoms with van der Waals surface area (Å²) in [5, 5.41) is 11.9. The number of carboxylic acids is 1. The Hall–Kier alpha value is -0.870. The van der Waals surface area contributed by atoms with E-state index in [-0.39, 0.29) is 0 Å². The van der Waals surface area contributed by atoms with Gasteiger partial charge in [-0.25, -0.2) is 4.79 Å². The Morgan fingerprint density at radius 2 is 2.29 bits per heavy atom. The summed E-state index contributed by atoms with van der Waals surface area (Å²) in [5.74, 6) is -0.859. The molecule has 0 unspecified atom stereocenters. The first kappa shape index (κ1) is 9.68. The molecule has 2 rings (SSSR count). The van der Waals surface area contributed by atoms with Crippen molar-refractivity contribution in [2.24, 2.45) is 0 Å². The number of aromatic carboxylic acids is 1. The molecule has 0 spiro atoms. The molecule has 0 atom stereocenters. The highest BCUT2D eigenvalue weighted by molar-refractivity contribution is 9.10. The monoisotopic (exact) mass is 270 g/mol. The SMILES string of the molecule is Cc1cc(Br)c2ccsc2c1C(=O)O. The molecule has 2 nitrogen and oxygen atoms in total. The molecule has 1 heterocycles. The van der Waals surface area contributed by atoms with E-state index in [9.17, 15) is 4.79 Å². The standard InChI is InChI=1S/C10H7BrO2S/c1-5-4-7(11)6-2-3-14-9(6)8(5)10(12)13/h2-4H,1H3,(H,12,13). The quantitative estimate of drug-likeness (QED) is 0.859. The number of benzene rings is 1. The summed E-state index contributed by atoms with van der Waals surface area (Å²) in [6, 6.07) is 3.77. The van der Waals surface area contributed by atoms with Crippen molar-refractivity contribution in [1.82, 2.24) is 0 Å². The van der Waals surface area contributed by atoms with E-state index >= 15 is 0 Å². The third kappa shape index (κ3) is 1.35. The number of hydrogen-bond acceptors (Lipinski definition) is 2. The zero-order valence-electron chi connectivity index (χ0n) is 7.37. The maximum atomic E-state index is 11.0. The van der Waals surface area contributed by atoms with Gasteiger partial charge >= 0.3 is 5.97 Å². The first-order valence-corrected chi connectivity index (χ1v) is 5.68. The molecule has 2 aromatic rings. The smallest absolute Gasteiger partial charge is 0.337 e. The average Bonchev–Trinajstić information content (AvgIpc) is 2.51. The van der Waals surface area contributed by atoms with Gasteiger partial charge in [0, 0.05) is 9.86 Å². The fourth-order valence-electron chi connectivity index (χ4n) is 1.48. The lowest BCUT2D eigenvalue weighted by Gasteiger charge is -2.03. The third-order valence-corrected chi connectivity index (χ3v) is 3.69. The molecule has 0 aliphatic heterocycles. The molecule has 72 valence electrons. The summed E-state index contributed by atoms with van der Waals surface area (Å²) >= 11 is 4.88. The predicted molar refractivity (Wildman–Crippen MR) is 61.2 cm³/mol. The molecule has 14 heavy (non-hydrogen) atoms. The second-order valence-corrected chi connectivity index (χ2v) is 4.79. The van der Waals surface area contributed by atoms with Crippen LogP contribution in [-0.4, -0.2) is 11.1 Å². The lowest BCUT2D eigenvalue weighted by Crippen LogP contribution is -1.99. The number of aryl methyl sites for hydroxylation is 1. The van der Waals surface area contributed by atoms with Crippen LogP contribution < -0.4 is 0 Å². The second-order valence-electron chi connectivity index (χ2n) is 3.02. The van der Waals surface area contributed by atoms with Crippen molar-refractivity contribution in [2.45, 2.75) is 6.92 Å². The molecule has 1 aromatic carbocycles. The topological polar surface area (TPSA) is 37.3 Å². The van der Waals surface area contributed by atoms with Gasteiger partial charge in [-0.1, -0.05) is 15.9 Å². The first-order chi connectivity index (χ1) is 6.61. The first-order valence-electron chi connectivity index (χ1n) is 4.01. The molecule has 0 saturated carbocycles. The zero-order valence-corrected chi connectivity index (χ0v) is 9.78. The van der Waals surface area contributed by atoms with Crippen molar-refractivity contribution in [3.8, 4) is 0 Å². The van der Waals surface area contributed by atoms with Crippen LogP contribution in [0.15, 0.2) is 22.0 Å². The fourth-order valence-corrected chi connectivity index (χ4v) is 3.29. The number of fused-ring (bicyclic) bond motifs is 1. The summed E-state index contributed by atoms with van der Waals surface area (Å²) in [6.45, 7) is 1.81. The summed E-state index contributed by atoms with van der Waals surface area (Å²) in [6.07, 6.45) is 0. The normalized spacial score (nSPS) is 10.7. The number of carboxylic acid groups (broad SMARTS) is 1. The number of thiophene rings is 1. The largest absolute Gasteiger partial charge is 0.478 e. The Balaban J connectivity index is 2.93. The van der Waals surface area contributed by atoms with Crippen molar-refractivity contribution in [3.63, 3.8) is 0 Å². The van der Waals surface area contributed by atoms with Crippen molar-refractivity contribution in [2.75, 3.05) is 0 Å². The van der Waals surface area contributed by atoms with Gasteiger partial charge in [0.2, 0.25) is 0 Å². The van der Waals surface area contributed by atoms with E-state index in [1.165, 1.54) is 11.3 Å². The minimum absolute atomic E-state index is 0.415. The van der Waals surface area contributed by atoms with E-state index in [2.05, 4.69) is 15.9 Å². The minimum atomic E-state index is -0.859. The number of halogens is 1. The molecule has 0 aliphatic carbocycles. The summed E-state index contributed by atoms with van der Waals surface area (Å²) in [4.78, 5) is 11.0. The minimum Gasteiger partial charge on any atom is -0.478 e. The highest BCUT2D eigenvalue weighted by atomic mass is 79.9. The van der Waals surface area contributed by atoms with Crippen molar-refractivity contribution >= 4 is 43.3 Å². The van der Waals surface area contributed by atoms with Crippen LogP contribution in [0.2, 0.25) is 0 Å². The van der Waals surface area contributed by atoms with Crippen LogP contribution in [0.1, 0.15) is 15.9 Å². The van der Waals surface area contributed by atoms with E-state index in [0.717, 1.165) is 20.1 Å². The van der Waals surface area contributed by atoms with Crippen LogP contribution in [0.4, 0.5) is 0 Å². The Morgan fingerprint density at radius 1 is 1.57 bits per heavy atom. The maximum Gasteiger partial charge on any atom is 0.337 e. The van der Waals surface area contributed by atoms with Crippen LogP contribution in [0, 0.1) is 6.92 Å². The number of carbonyl (C=O) groups is 1. The molecular formula is C10H7BrO2S. The molecular weight excluding hydrogens is 264 g/mol. The van der Waals surface area contributed by atoms with E-state index in [1.807, 2.05) is 24.4 Å². The van der Waals surface area contributed by atoms with E-state index < -0.39 is 5.97 Å². The average molecular weight is 271 g/mol. The Labute approximate surface area is 93.3 Å². The Bertz CT molecular complexity index is 516. The molecule has 1 aromatic heterocycles. The molecule has 0 aliphatic rings. The van der Waals surface area contributed by atoms with Gasteiger partial charge in [-0.2, -0.15) is 0 Å². The lowest BCUT2D eigenvalue weighted by atomic mass is 10.1. The highest BCUT2D eigenvalue weighted by Gasteiger charge is 2.14. The van der Waals surface area contributed by atoms with Gasteiger partial charge in [-0.3, -0.25) is 0 Å². The predicted octanol–water partition coefficient (Wildman–Crippen LogP) is 3.67. The molecule has 0 bridgehead atoms. The van der Waals surface area contributed by atoms with E-state index in [0.29, 0.717) is 5.56 Å². The van der Waals surface area contributed by atoms with Gasteiger partial charge in [0.05, 0.1) is 10.3 Å². The molecule has 1 N–H and O–H groups in total. The van der Waals surface area contributed by atoms with Crippen molar-refractivity contribution in [1.29, 1.82) is 0 Å². The van der Waals surface area contributed by atoms with Gasteiger partial charge in [-0.05, 0) is 30.0 Å². The van der Waals surface area contributed by atoms with Gasteiger partial charge in [0.15, 0.2) is 0 Å². The van der Waals surface area contributed by atoms with Crippen LogP contribution in [0.25, 0.3) is 10.1 Å². The molecule has 0 saturated heterocycles. The third-order valence-electron chi connectivity index (χ3n) is 2.10. The van der Waals surface area contributed by atoms with Crippen LogP contribution in [0.3, 0.4) is 0 Å². The van der Waals surface area contributed by atoms with Crippen LogP contribution in [0.5, 0.6) is 0 Å². The van der Waals surface area contributed by atoms with E-state index in [1.54, 1.807) is 0 Å². The molecule has 4 heteroatoms. The van der Waals surface area contributed by atoms with Crippen LogP contribution in [-0.2, 0) is 0 Å². The Morgan fingerprint density at radius 3 is 2.93 bits per heavy atom. The summed E-state index contributed by atoms with van der Waals surface area (Å²) in [7, 11) is 0. The van der Waals surface area contributed by atoms with Gasteiger partial charge in [0.1, 0.15) is 0 Å². The number of hydrogen-bond donors (Lipinski definition) is 1. The van der Waals surface area contributed by atoms with Gasteiger partial charge in [-0.15, -0.1) is 11.3 Å². The van der Waals surface area contributed by atoms with Crippen molar-refractivity contribution in [3.05, 3.63) is 33.1 Å². The van der Waals surface area contributed by atoms with Crippen LogP contribution >= 0.6 is 27.3 Å². The highest BCUT2D eigenvalue weighted by Crippen LogP contribution is 2.33. The summed E-state index contributed by atoms with van der Waals surface area (Å²) < 4.78 is 1.79. The Kier molecular flexibility index (Phi) is 2.33. The lowest BCUT2D eigenvalue weighted by molar-refractivity contribution is 0.0698. The number of rotatable bonds is 1. The van der Waals surface area contributed by atoms with E-state index in [4.69, 9.17) is 5.11 Å².